The number of hydrogen-bond donors (Lipinski definition) is 0. The van der Waals surface area contributed by atoms with Gasteiger partial charge in [0.2, 0.25) is 5.95 Å². The normalized spacial score (nSPS) is 10.5. The lowest BCUT2D eigenvalue weighted by molar-refractivity contribution is 0.592. The fourth-order valence-corrected chi connectivity index (χ4v) is 2.61. The van der Waals surface area contributed by atoms with Crippen molar-refractivity contribution in [3.63, 3.8) is 0 Å². The lowest BCUT2D eigenvalue weighted by Crippen LogP contribution is -2.15. The standard InChI is InChI=1S/C11H9BrFNP2/c12-8-9(15)7(10(13)14-11(8)16)6-4-2-1-3-5-6/h1-5H,15-16H2. The zero-order chi connectivity index (χ0) is 11.7. The van der Waals surface area contributed by atoms with E-state index in [2.05, 4.69) is 39.4 Å². The Hall–Kier alpha value is -0.360. The molecular weight excluding hydrogens is 307 g/mol. The van der Waals surface area contributed by atoms with E-state index in [1.807, 2.05) is 30.3 Å². The summed E-state index contributed by atoms with van der Waals surface area (Å²) in [7, 11) is 4.95. The molecule has 0 bridgehead atoms. The van der Waals surface area contributed by atoms with Gasteiger partial charge in [-0.25, -0.2) is 4.98 Å². The molecule has 16 heavy (non-hydrogen) atoms. The average Bonchev–Trinajstić information content (AvgIpc) is 2.28. The Morgan fingerprint density at radius 3 is 2.38 bits per heavy atom. The third-order valence-corrected chi connectivity index (χ3v) is 4.89. The van der Waals surface area contributed by atoms with E-state index in [-0.39, 0.29) is 0 Å². The third kappa shape index (κ3) is 2.18. The second kappa shape index (κ2) is 4.87. The Bertz CT molecular complexity index is 531. The quantitative estimate of drug-likeness (QED) is 0.582. The monoisotopic (exact) mass is 315 g/mol. The van der Waals surface area contributed by atoms with Gasteiger partial charge in [-0.1, -0.05) is 39.6 Å². The molecule has 2 aromatic rings. The molecule has 1 heterocycles. The molecular formula is C11H9BrFNP2. The summed E-state index contributed by atoms with van der Waals surface area (Å²) in [6, 6.07) is 9.38. The summed E-state index contributed by atoms with van der Waals surface area (Å²) in [5.41, 5.74) is 1.91. The van der Waals surface area contributed by atoms with Gasteiger partial charge in [0.05, 0.1) is 9.91 Å². The minimum absolute atomic E-state index is 0.454. The van der Waals surface area contributed by atoms with Crippen molar-refractivity contribution in [2.24, 2.45) is 0 Å². The minimum atomic E-state index is -0.454. The highest BCUT2D eigenvalue weighted by Crippen LogP contribution is 2.24. The molecule has 0 amide bonds. The predicted molar refractivity (Wildman–Crippen MR) is 76.0 cm³/mol. The van der Waals surface area contributed by atoms with Crippen molar-refractivity contribution in [3.8, 4) is 11.1 Å². The van der Waals surface area contributed by atoms with Crippen LogP contribution < -0.4 is 10.7 Å². The van der Waals surface area contributed by atoms with Gasteiger partial charge in [-0.3, -0.25) is 0 Å². The highest BCUT2D eigenvalue weighted by atomic mass is 79.9. The van der Waals surface area contributed by atoms with Crippen LogP contribution in [0.15, 0.2) is 34.8 Å². The Kier molecular flexibility index (Phi) is 3.69. The van der Waals surface area contributed by atoms with E-state index >= 15 is 0 Å². The van der Waals surface area contributed by atoms with Gasteiger partial charge in [0, 0.05) is 5.56 Å². The molecule has 2 unspecified atom stereocenters. The Morgan fingerprint density at radius 2 is 1.75 bits per heavy atom. The van der Waals surface area contributed by atoms with E-state index in [1.54, 1.807) is 0 Å². The van der Waals surface area contributed by atoms with Crippen LogP contribution in [0.4, 0.5) is 4.39 Å². The van der Waals surface area contributed by atoms with E-state index in [0.717, 1.165) is 15.3 Å². The van der Waals surface area contributed by atoms with Crippen molar-refractivity contribution in [3.05, 3.63) is 40.8 Å². The number of aromatic nitrogens is 1. The maximum absolute atomic E-state index is 13.8. The first kappa shape index (κ1) is 12.1. The molecule has 0 aliphatic carbocycles. The maximum Gasteiger partial charge on any atom is 0.222 e. The number of halogens is 2. The summed E-state index contributed by atoms with van der Waals surface area (Å²) in [5, 5.41) is 0.781. The number of hydrogen-bond acceptors (Lipinski definition) is 1. The van der Waals surface area contributed by atoms with E-state index in [1.165, 1.54) is 0 Å². The molecule has 0 radical (unpaired) electrons. The van der Waals surface area contributed by atoms with Crippen molar-refractivity contribution in [2.45, 2.75) is 0 Å². The topological polar surface area (TPSA) is 12.9 Å². The summed E-state index contributed by atoms with van der Waals surface area (Å²) < 4.78 is 14.6. The lowest BCUT2D eigenvalue weighted by Gasteiger charge is -2.10. The first-order chi connectivity index (χ1) is 7.61. The van der Waals surface area contributed by atoms with Crippen molar-refractivity contribution in [1.29, 1.82) is 0 Å². The third-order valence-electron chi connectivity index (χ3n) is 2.22. The van der Waals surface area contributed by atoms with Gasteiger partial charge in [-0.2, -0.15) is 4.39 Å². The largest absolute Gasteiger partial charge is 0.222 e. The minimum Gasteiger partial charge on any atom is -0.219 e. The first-order valence-corrected chi connectivity index (χ1v) is 6.51. The van der Waals surface area contributed by atoms with Crippen LogP contribution in [-0.2, 0) is 0 Å². The fourth-order valence-electron chi connectivity index (χ4n) is 1.45. The highest BCUT2D eigenvalue weighted by Gasteiger charge is 2.14. The first-order valence-electron chi connectivity index (χ1n) is 4.56. The van der Waals surface area contributed by atoms with E-state index < -0.39 is 5.95 Å². The number of nitrogens with zero attached hydrogens (tertiary/aromatic N) is 1. The summed E-state index contributed by atoms with van der Waals surface area (Å²) in [6.07, 6.45) is 0. The summed E-state index contributed by atoms with van der Waals surface area (Å²) in [4.78, 5) is 3.85. The maximum atomic E-state index is 13.8. The van der Waals surface area contributed by atoms with Crippen LogP contribution in [0.2, 0.25) is 0 Å². The highest BCUT2D eigenvalue weighted by molar-refractivity contribution is 9.10. The molecule has 2 atom stereocenters. The molecule has 0 fully saturated rings. The van der Waals surface area contributed by atoms with Crippen molar-refractivity contribution in [2.75, 3.05) is 0 Å². The van der Waals surface area contributed by atoms with Gasteiger partial charge in [0.1, 0.15) is 0 Å². The van der Waals surface area contributed by atoms with Crippen LogP contribution in [-0.4, -0.2) is 4.98 Å². The van der Waals surface area contributed by atoms with E-state index in [9.17, 15) is 4.39 Å². The Balaban J connectivity index is 2.71. The molecule has 82 valence electrons. The summed E-state index contributed by atoms with van der Waals surface area (Å²) >= 11 is 3.39. The van der Waals surface area contributed by atoms with E-state index in [4.69, 9.17) is 0 Å². The molecule has 1 nitrogen and oxygen atoms in total. The number of rotatable bonds is 1. The molecule has 0 aliphatic rings. The van der Waals surface area contributed by atoms with Crippen molar-refractivity contribution in [1.82, 2.24) is 4.98 Å². The van der Waals surface area contributed by atoms with Crippen molar-refractivity contribution < 1.29 is 4.39 Å². The SMILES string of the molecule is Fc1nc(P)c(Br)c(P)c1-c1ccccc1. The van der Waals surface area contributed by atoms with Crippen LogP contribution >= 0.6 is 34.4 Å². The summed E-state index contributed by atoms with van der Waals surface area (Å²) in [6.45, 7) is 0. The number of benzene rings is 1. The van der Waals surface area contributed by atoms with Gasteiger partial charge in [-0.05, 0) is 26.8 Å². The Labute approximate surface area is 106 Å². The van der Waals surface area contributed by atoms with Gasteiger partial charge in [0.25, 0.3) is 0 Å². The second-order valence-electron chi connectivity index (χ2n) is 3.26. The average molecular weight is 316 g/mol. The Morgan fingerprint density at radius 1 is 1.12 bits per heavy atom. The molecule has 2 rings (SSSR count). The molecule has 1 aromatic carbocycles. The second-order valence-corrected chi connectivity index (χ2v) is 5.17. The zero-order valence-electron chi connectivity index (χ0n) is 8.24. The predicted octanol–water partition coefficient (Wildman–Crippen LogP) is 2.65. The van der Waals surface area contributed by atoms with Gasteiger partial charge < -0.3 is 0 Å². The molecule has 0 saturated carbocycles. The van der Waals surface area contributed by atoms with Gasteiger partial charge in [0.15, 0.2) is 0 Å². The molecule has 0 aliphatic heterocycles. The fraction of sp³-hybridized carbons (Fsp3) is 0. The van der Waals surface area contributed by atoms with Gasteiger partial charge in [-0.15, -0.1) is 9.24 Å². The smallest absolute Gasteiger partial charge is 0.219 e. The molecule has 0 spiro atoms. The lowest BCUT2D eigenvalue weighted by atomic mass is 10.1. The summed E-state index contributed by atoms with van der Waals surface area (Å²) in [5.74, 6) is -0.454. The van der Waals surface area contributed by atoms with Crippen LogP contribution in [0.25, 0.3) is 11.1 Å². The van der Waals surface area contributed by atoms with Crippen LogP contribution in [0.5, 0.6) is 0 Å². The molecule has 5 heteroatoms. The van der Waals surface area contributed by atoms with Gasteiger partial charge >= 0.3 is 0 Å². The molecule has 0 saturated heterocycles. The van der Waals surface area contributed by atoms with E-state index in [0.29, 0.717) is 11.0 Å². The van der Waals surface area contributed by atoms with Crippen LogP contribution in [0, 0.1) is 5.95 Å². The molecule has 0 N–H and O–H groups in total. The van der Waals surface area contributed by atoms with Crippen LogP contribution in [0.1, 0.15) is 0 Å². The van der Waals surface area contributed by atoms with Crippen molar-refractivity contribution >= 4 is 45.1 Å². The zero-order valence-corrected chi connectivity index (χ0v) is 12.1. The number of pyridine rings is 1. The van der Waals surface area contributed by atoms with Crippen LogP contribution in [0.3, 0.4) is 0 Å². The molecule has 1 aromatic heterocycles.